The number of aliphatic carboxylic acids is 1. The number of nitrogens with zero attached hydrogens (tertiary/aromatic N) is 1. The zero-order valence-electron chi connectivity index (χ0n) is 12.1. The largest absolute Gasteiger partial charge is 0.507 e. The number of aromatic nitrogens is 1. The van der Waals surface area contributed by atoms with Crippen molar-refractivity contribution in [2.75, 3.05) is 0 Å². The summed E-state index contributed by atoms with van der Waals surface area (Å²) in [6.45, 7) is 0. The van der Waals surface area contributed by atoms with Crippen LogP contribution in [0.3, 0.4) is 0 Å². The van der Waals surface area contributed by atoms with Crippen molar-refractivity contribution in [3.05, 3.63) is 35.2 Å². The lowest BCUT2D eigenvalue weighted by Crippen LogP contribution is -1.94. The Morgan fingerprint density at radius 1 is 1.23 bits per heavy atom. The number of oxazole rings is 1. The van der Waals surface area contributed by atoms with E-state index in [-0.39, 0.29) is 12.2 Å². The molecule has 2 N–H and O–H groups in total. The molecule has 2 rings (SSSR count). The molecule has 0 radical (unpaired) electrons. The lowest BCUT2D eigenvalue weighted by atomic mass is 10.1. The number of carboxylic acid groups (broad SMARTS) is 1. The van der Waals surface area contributed by atoms with Crippen LogP contribution in [0.1, 0.15) is 37.8 Å². The first-order valence-corrected chi connectivity index (χ1v) is 7.59. The van der Waals surface area contributed by atoms with Gasteiger partial charge in [0, 0.05) is 11.4 Å². The minimum absolute atomic E-state index is 0.0366. The summed E-state index contributed by atoms with van der Waals surface area (Å²) in [4.78, 5) is 14.7. The fourth-order valence-corrected chi connectivity index (χ4v) is 2.33. The first-order chi connectivity index (χ1) is 10.6. The molecule has 0 aliphatic heterocycles. The van der Waals surface area contributed by atoms with Gasteiger partial charge in [-0.25, -0.2) is 4.98 Å². The lowest BCUT2D eigenvalue weighted by molar-refractivity contribution is -0.137. The number of unbranched alkanes of at least 4 members (excludes halogenated alkanes) is 3. The summed E-state index contributed by atoms with van der Waals surface area (Å²) in [5, 5.41) is 18.8. The topological polar surface area (TPSA) is 83.6 Å². The van der Waals surface area contributed by atoms with Crippen LogP contribution in [0.5, 0.6) is 5.75 Å². The Labute approximate surface area is 133 Å². The van der Waals surface area contributed by atoms with Crippen molar-refractivity contribution in [3.8, 4) is 17.2 Å². The molecule has 1 heterocycles. The number of rotatable bonds is 8. The number of halogens is 1. The minimum atomic E-state index is -0.746. The molecule has 1 aromatic carbocycles. The molecule has 118 valence electrons. The van der Waals surface area contributed by atoms with Crippen LogP contribution in [-0.4, -0.2) is 21.2 Å². The van der Waals surface area contributed by atoms with Crippen LogP contribution < -0.4 is 0 Å². The second-order valence-electron chi connectivity index (χ2n) is 5.11. The van der Waals surface area contributed by atoms with Gasteiger partial charge < -0.3 is 14.6 Å². The summed E-state index contributed by atoms with van der Waals surface area (Å²) >= 11 is 5.79. The third-order valence-electron chi connectivity index (χ3n) is 3.32. The molecular weight excluding hydrogens is 306 g/mol. The number of phenols is 1. The van der Waals surface area contributed by atoms with Gasteiger partial charge in [-0.3, -0.25) is 4.79 Å². The number of hydrogen-bond acceptors (Lipinski definition) is 4. The number of carbonyl (C=O) groups is 1. The standard InChI is InChI=1S/C16H18ClNO4/c17-11-7-8-13(14(19)9-11)16-18-12(10-22-16)5-3-1-2-4-6-15(20)21/h7-10,19H,1-6H2,(H,20,21). The molecule has 0 fully saturated rings. The first-order valence-electron chi connectivity index (χ1n) is 7.21. The fraction of sp³-hybridized carbons (Fsp3) is 0.375. The average Bonchev–Trinajstić information content (AvgIpc) is 2.91. The van der Waals surface area contributed by atoms with Crippen LogP contribution in [-0.2, 0) is 11.2 Å². The molecule has 6 heteroatoms. The Hall–Kier alpha value is -2.01. The van der Waals surface area contributed by atoms with E-state index in [1.165, 1.54) is 6.07 Å². The normalized spacial score (nSPS) is 10.8. The minimum Gasteiger partial charge on any atom is -0.507 e. The molecule has 0 saturated heterocycles. The third kappa shape index (κ3) is 4.77. The molecule has 0 aliphatic rings. The highest BCUT2D eigenvalue weighted by Gasteiger charge is 2.11. The van der Waals surface area contributed by atoms with E-state index >= 15 is 0 Å². The van der Waals surface area contributed by atoms with E-state index in [2.05, 4.69) is 4.98 Å². The van der Waals surface area contributed by atoms with Crippen molar-refractivity contribution < 1.29 is 19.4 Å². The van der Waals surface area contributed by atoms with Gasteiger partial charge in [0.25, 0.3) is 0 Å². The van der Waals surface area contributed by atoms with E-state index in [9.17, 15) is 9.90 Å². The Morgan fingerprint density at radius 2 is 2.00 bits per heavy atom. The number of benzene rings is 1. The highest BCUT2D eigenvalue weighted by Crippen LogP contribution is 2.31. The monoisotopic (exact) mass is 323 g/mol. The SMILES string of the molecule is O=C(O)CCCCCCc1coc(-c2ccc(Cl)cc2O)n1. The molecule has 0 saturated carbocycles. The number of carboxylic acids is 1. The second-order valence-corrected chi connectivity index (χ2v) is 5.55. The van der Waals surface area contributed by atoms with E-state index in [0.717, 1.165) is 31.4 Å². The maximum atomic E-state index is 10.4. The second kappa shape index (κ2) is 7.84. The maximum absolute atomic E-state index is 10.4. The fourth-order valence-electron chi connectivity index (χ4n) is 2.17. The summed E-state index contributed by atoms with van der Waals surface area (Å²) in [5.74, 6) is -0.339. The summed E-state index contributed by atoms with van der Waals surface area (Å²) in [6, 6.07) is 4.78. The van der Waals surface area contributed by atoms with Crippen LogP contribution in [0, 0.1) is 0 Å². The van der Waals surface area contributed by atoms with Crippen LogP contribution >= 0.6 is 11.6 Å². The van der Waals surface area contributed by atoms with Gasteiger partial charge in [0.2, 0.25) is 5.89 Å². The quantitative estimate of drug-likeness (QED) is 0.708. The summed E-state index contributed by atoms with van der Waals surface area (Å²) < 4.78 is 5.39. The van der Waals surface area contributed by atoms with E-state index < -0.39 is 5.97 Å². The van der Waals surface area contributed by atoms with Crippen molar-refractivity contribution in [3.63, 3.8) is 0 Å². The van der Waals surface area contributed by atoms with Crippen molar-refractivity contribution >= 4 is 17.6 Å². The molecule has 0 bridgehead atoms. The zero-order valence-corrected chi connectivity index (χ0v) is 12.8. The lowest BCUT2D eigenvalue weighted by Gasteiger charge is -2.00. The predicted octanol–water partition coefficient (Wildman–Crippen LogP) is 4.28. The Kier molecular flexibility index (Phi) is 5.83. The van der Waals surface area contributed by atoms with Crippen molar-refractivity contribution in [2.24, 2.45) is 0 Å². The molecule has 0 spiro atoms. The van der Waals surface area contributed by atoms with E-state index in [4.69, 9.17) is 21.1 Å². The van der Waals surface area contributed by atoms with E-state index in [0.29, 0.717) is 22.9 Å². The van der Waals surface area contributed by atoms with Gasteiger partial charge in [-0.2, -0.15) is 0 Å². The van der Waals surface area contributed by atoms with Gasteiger partial charge in [-0.05, 0) is 37.5 Å². The predicted molar refractivity (Wildman–Crippen MR) is 83.0 cm³/mol. The summed E-state index contributed by atoms with van der Waals surface area (Å²) in [7, 11) is 0. The Morgan fingerprint density at radius 3 is 2.73 bits per heavy atom. The van der Waals surface area contributed by atoms with Crippen LogP contribution in [0.15, 0.2) is 28.9 Å². The van der Waals surface area contributed by atoms with Crippen molar-refractivity contribution in [2.45, 2.75) is 38.5 Å². The van der Waals surface area contributed by atoms with Gasteiger partial charge >= 0.3 is 5.97 Å². The Balaban J connectivity index is 1.83. The highest BCUT2D eigenvalue weighted by atomic mass is 35.5. The van der Waals surface area contributed by atoms with Crippen LogP contribution in [0.2, 0.25) is 5.02 Å². The van der Waals surface area contributed by atoms with Crippen molar-refractivity contribution in [1.29, 1.82) is 0 Å². The summed E-state index contributed by atoms with van der Waals surface area (Å²) in [6.07, 6.45) is 6.07. The smallest absolute Gasteiger partial charge is 0.303 e. The summed E-state index contributed by atoms with van der Waals surface area (Å²) in [5.41, 5.74) is 1.33. The van der Waals surface area contributed by atoms with E-state index in [1.807, 2.05) is 0 Å². The first kappa shape index (κ1) is 16.4. The maximum Gasteiger partial charge on any atom is 0.303 e. The molecule has 0 amide bonds. The molecule has 0 atom stereocenters. The number of phenolic OH excluding ortho intramolecular Hbond substituents is 1. The van der Waals surface area contributed by atoms with Crippen LogP contribution in [0.25, 0.3) is 11.5 Å². The Bertz CT molecular complexity index is 639. The molecule has 5 nitrogen and oxygen atoms in total. The van der Waals surface area contributed by atoms with Crippen LogP contribution in [0.4, 0.5) is 0 Å². The number of hydrogen-bond donors (Lipinski definition) is 2. The molecule has 22 heavy (non-hydrogen) atoms. The molecule has 0 unspecified atom stereocenters. The van der Waals surface area contributed by atoms with Gasteiger partial charge in [0.1, 0.15) is 12.0 Å². The number of aryl methyl sites for hydroxylation is 1. The third-order valence-corrected chi connectivity index (χ3v) is 3.55. The van der Waals surface area contributed by atoms with Crippen molar-refractivity contribution in [1.82, 2.24) is 4.98 Å². The van der Waals surface area contributed by atoms with Gasteiger partial charge in [0.05, 0.1) is 11.3 Å². The highest BCUT2D eigenvalue weighted by molar-refractivity contribution is 6.30. The molecular formula is C16H18ClNO4. The zero-order chi connectivity index (χ0) is 15.9. The molecule has 0 aliphatic carbocycles. The molecule has 2 aromatic rings. The van der Waals surface area contributed by atoms with E-state index in [1.54, 1.807) is 18.4 Å². The number of aromatic hydroxyl groups is 1. The van der Waals surface area contributed by atoms with Gasteiger partial charge in [-0.1, -0.05) is 24.4 Å². The average molecular weight is 324 g/mol. The van der Waals surface area contributed by atoms with Gasteiger partial charge in [0.15, 0.2) is 0 Å². The molecule has 1 aromatic heterocycles. The van der Waals surface area contributed by atoms with Gasteiger partial charge in [-0.15, -0.1) is 0 Å².